The van der Waals surface area contributed by atoms with E-state index in [1.807, 2.05) is 0 Å². The van der Waals surface area contributed by atoms with Gasteiger partial charge in [0.05, 0.1) is 25.8 Å². The van der Waals surface area contributed by atoms with E-state index in [4.69, 9.17) is 14.2 Å². The molecule has 1 amide bonds. The van der Waals surface area contributed by atoms with Crippen molar-refractivity contribution >= 4 is 16.9 Å². The first-order chi connectivity index (χ1) is 15.1. The molecule has 0 radical (unpaired) electrons. The third-order valence-electron chi connectivity index (χ3n) is 5.66. The maximum Gasteiger partial charge on any atom is 0.412 e. The Morgan fingerprint density at radius 2 is 1.68 bits per heavy atom. The maximum atomic E-state index is 13.2. The Morgan fingerprint density at radius 1 is 1.00 bits per heavy atom. The predicted molar refractivity (Wildman–Crippen MR) is 121 cm³/mol. The first-order valence-electron chi connectivity index (χ1n) is 11.0. The number of hydrogen-bond acceptors (Lipinski definition) is 6. The molecule has 2 heterocycles. The zero-order valence-electron chi connectivity index (χ0n) is 18.7. The van der Waals surface area contributed by atoms with Gasteiger partial charge in [0.1, 0.15) is 0 Å². The number of nitrogens with one attached hydrogen (secondary N) is 1. The monoisotopic (exact) mass is 431 g/mol. The predicted octanol–water partition coefficient (Wildman–Crippen LogP) is 3.39. The number of fused-ring (bicyclic) bond motifs is 1. The Bertz CT molecular complexity index is 950. The van der Waals surface area contributed by atoms with Crippen LogP contribution in [0, 0.1) is 0 Å². The molecule has 0 saturated carbocycles. The molecule has 170 valence electrons. The summed E-state index contributed by atoms with van der Waals surface area (Å²) in [4.78, 5) is 27.9. The van der Waals surface area contributed by atoms with E-state index >= 15 is 0 Å². The average Bonchev–Trinajstić information content (AvgIpc) is 2.80. The summed E-state index contributed by atoms with van der Waals surface area (Å²) in [6.07, 6.45) is 6.58. The van der Waals surface area contributed by atoms with Crippen LogP contribution < -0.4 is 25.1 Å². The van der Waals surface area contributed by atoms with Crippen molar-refractivity contribution in [2.75, 3.05) is 40.4 Å². The van der Waals surface area contributed by atoms with Crippen molar-refractivity contribution in [3.8, 4) is 17.2 Å². The number of ether oxygens (including phenoxy) is 3. The summed E-state index contributed by atoms with van der Waals surface area (Å²) < 4.78 is 18.0. The van der Waals surface area contributed by atoms with Crippen LogP contribution in [-0.4, -0.2) is 56.0 Å². The van der Waals surface area contributed by atoms with Gasteiger partial charge in [-0.1, -0.05) is 19.8 Å². The van der Waals surface area contributed by atoms with Crippen molar-refractivity contribution in [3.05, 3.63) is 28.7 Å². The highest BCUT2D eigenvalue weighted by atomic mass is 16.6. The minimum atomic E-state index is -0.536. The third-order valence-corrected chi connectivity index (χ3v) is 5.66. The Hall–Kier alpha value is -2.74. The molecule has 1 aliphatic rings. The van der Waals surface area contributed by atoms with Gasteiger partial charge in [0.15, 0.2) is 17.2 Å². The van der Waals surface area contributed by atoms with Gasteiger partial charge in [0, 0.05) is 25.0 Å². The van der Waals surface area contributed by atoms with Gasteiger partial charge in [-0.15, -0.1) is 0 Å². The van der Waals surface area contributed by atoms with Gasteiger partial charge in [0.25, 0.3) is 5.56 Å². The Labute approximate surface area is 183 Å². The molecule has 1 aromatic heterocycles. The lowest BCUT2D eigenvalue weighted by atomic mass is 10.1. The van der Waals surface area contributed by atoms with Crippen LogP contribution in [0.3, 0.4) is 0 Å². The number of amides is 1. The molecule has 0 bridgehead atoms. The zero-order chi connectivity index (χ0) is 22.2. The quantitative estimate of drug-likeness (QED) is 0.613. The standard InChI is InChI=1S/C23H33N3O5/c1-4-5-9-24-23(28)31-21-16-26(13-12-25-10-7-6-8-11-25)22(27)18-15-20(30-3)19(29-2)14-17(18)21/h14-16H,4-13H2,1-3H3,(H,24,28). The SMILES string of the molecule is CCCCNC(=O)Oc1cn(CCN2CCCCC2)c(=O)c2cc(OC)c(OC)cc12. The number of pyridine rings is 1. The molecule has 0 unspecified atom stereocenters. The first kappa shape index (κ1) is 22.9. The minimum Gasteiger partial charge on any atom is -0.493 e. The van der Waals surface area contributed by atoms with Crippen LogP contribution in [0.5, 0.6) is 17.2 Å². The average molecular weight is 432 g/mol. The number of carbonyl (C=O) groups excluding carboxylic acids is 1. The molecule has 1 saturated heterocycles. The lowest BCUT2D eigenvalue weighted by Gasteiger charge is -2.26. The van der Waals surface area contributed by atoms with Crippen molar-refractivity contribution in [1.29, 1.82) is 0 Å². The van der Waals surface area contributed by atoms with Crippen molar-refractivity contribution < 1.29 is 19.0 Å². The molecule has 0 spiro atoms. The fraction of sp³-hybridized carbons (Fsp3) is 0.565. The molecule has 1 aromatic carbocycles. The van der Waals surface area contributed by atoms with Crippen molar-refractivity contribution in [3.63, 3.8) is 0 Å². The minimum absolute atomic E-state index is 0.147. The zero-order valence-corrected chi connectivity index (χ0v) is 18.7. The van der Waals surface area contributed by atoms with Gasteiger partial charge in [-0.3, -0.25) is 4.79 Å². The maximum absolute atomic E-state index is 13.2. The molecule has 31 heavy (non-hydrogen) atoms. The van der Waals surface area contributed by atoms with Gasteiger partial charge >= 0.3 is 6.09 Å². The van der Waals surface area contributed by atoms with Crippen molar-refractivity contribution in [2.24, 2.45) is 0 Å². The number of likely N-dealkylation sites (tertiary alicyclic amines) is 1. The van der Waals surface area contributed by atoms with Crippen molar-refractivity contribution in [1.82, 2.24) is 14.8 Å². The number of nitrogens with zero attached hydrogens (tertiary/aromatic N) is 2. The lowest BCUT2D eigenvalue weighted by molar-refractivity contribution is 0.200. The van der Waals surface area contributed by atoms with Crippen LogP contribution >= 0.6 is 0 Å². The van der Waals surface area contributed by atoms with Gasteiger partial charge in [-0.05, 0) is 44.5 Å². The highest BCUT2D eigenvalue weighted by Crippen LogP contribution is 2.35. The normalized spacial score (nSPS) is 14.4. The number of rotatable bonds is 9. The van der Waals surface area contributed by atoms with Crippen LogP contribution in [0.2, 0.25) is 0 Å². The number of benzene rings is 1. The first-order valence-corrected chi connectivity index (χ1v) is 11.0. The molecule has 2 aromatic rings. The Balaban J connectivity index is 1.95. The summed E-state index contributed by atoms with van der Waals surface area (Å²) in [5, 5.41) is 3.70. The summed E-state index contributed by atoms with van der Waals surface area (Å²) in [7, 11) is 3.06. The van der Waals surface area contributed by atoms with E-state index < -0.39 is 6.09 Å². The van der Waals surface area contributed by atoms with Crippen LogP contribution in [-0.2, 0) is 6.54 Å². The number of piperidine rings is 1. The fourth-order valence-electron chi connectivity index (χ4n) is 3.87. The van der Waals surface area contributed by atoms with E-state index in [1.54, 1.807) is 22.9 Å². The van der Waals surface area contributed by atoms with Gasteiger partial charge < -0.3 is 29.0 Å². The third kappa shape index (κ3) is 5.70. The summed E-state index contributed by atoms with van der Waals surface area (Å²) >= 11 is 0. The largest absolute Gasteiger partial charge is 0.493 e. The van der Waals surface area contributed by atoms with E-state index in [0.717, 1.165) is 32.5 Å². The smallest absolute Gasteiger partial charge is 0.412 e. The molecule has 1 aliphatic heterocycles. The van der Waals surface area contributed by atoms with Crippen LogP contribution in [0.15, 0.2) is 23.1 Å². The Kier molecular flexibility index (Phi) is 8.17. The van der Waals surface area contributed by atoms with Gasteiger partial charge in [-0.2, -0.15) is 0 Å². The molecular formula is C23H33N3O5. The number of carbonyl (C=O) groups is 1. The van der Waals surface area contributed by atoms with E-state index in [9.17, 15) is 9.59 Å². The van der Waals surface area contributed by atoms with E-state index in [1.165, 1.54) is 33.5 Å². The summed E-state index contributed by atoms with van der Waals surface area (Å²) in [6, 6.07) is 3.33. The van der Waals surface area contributed by atoms with Crippen LogP contribution in [0.4, 0.5) is 4.79 Å². The molecule has 1 N–H and O–H groups in total. The number of hydrogen-bond donors (Lipinski definition) is 1. The number of unbranched alkanes of at least 4 members (excludes halogenated alkanes) is 1. The van der Waals surface area contributed by atoms with Crippen LogP contribution in [0.25, 0.3) is 10.8 Å². The highest BCUT2D eigenvalue weighted by molar-refractivity contribution is 5.92. The summed E-state index contributed by atoms with van der Waals surface area (Å²) in [5.74, 6) is 1.25. The second kappa shape index (κ2) is 11.0. The molecule has 0 atom stereocenters. The fourth-order valence-corrected chi connectivity index (χ4v) is 3.87. The number of methoxy groups -OCH3 is 2. The molecule has 3 rings (SSSR count). The van der Waals surface area contributed by atoms with E-state index in [2.05, 4.69) is 17.1 Å². The Morgan fingerprint density at radius 3 is 2.32 bits per heavy atom. The molecule has 0 aliphatic carbocycles. The highest BCUT2D eigenvalue weighted by Gasteiger charge is 2.18. The number of aromatic nitrogens is 1. The molecule has 1 fully saturated rings. The molecular weight excluding hydrogens is 398 g/mol. The van der Waals surface area contributed by atoms with Gasteiger partial charge in [0.2, 0.25) is 0 Å². The van der Waals surface area contributed by atoms with Gasteiger partial charge in [-0.25, -0.2) is 4.79 Å². The van der Waals surface area contributed by atoms with Crippen molar-refractivity contribution in [2.45, 2.75) is 45.6 Å². The molecule has 8 nitrogen and oxygen atoms in total. The van der Waals surface area contributed by atoms with E-state index in [-0.39, 0.29) is 5.56 Å². The topological polar surface area (TPSA) is 82.0 Å². The second-order valence-corrected chi connectivity index (χ2v) is 7.82. The van der Waals surface area contributed by atoms with E-state index in [0.29, 0.717) is 41.1 Å². The summed E-state index contributed by atoms with van der Waals surface area (Å²) in [6.45, 7) is 6.00. The lowest BCUT2D eigenvalue weighted by Crippen LogP contribution is -2.35. The van der Waals surface area contributed by atoms with Crippen LogP contribution in [0.1, 0.15) is 39.0 Å². The second-order valence-electron chi connectivity index (χ2n) is 7.82. The molecule has 8 heteroatoms. The summed E-state index contributed by atoms with van der Waals surface area (Å²) in [5.41, 5.74) is -0.147.